The molecule has 0 spiro atoms. The van der Waals surface area contributed by atoms with E-state index in [1.165, 1.54) is 11.8 Å². The molecule has 0 radical (unpaired) electrons. The van der Waals surface area contributed by atoms with Crippen molar-refractivity contribution in [2.75, 3.05) is 50.9 Å². The maximum Gasteiger partial charge on any atom is 0.232 e. The van der Waals surface area contributed by atoms with Crippen LogP contribution in [0.2, 0.25) is 0 Å². The van der Waals surface area contributed by atoms with Crippen LogP contribution in [0, 0.1) is 0 Å². The minimum Gasteiger partial charge on any atom is -0.378 e. The van der Waals surface area contributed by atoms with E-state index < -0.39 is 0 Å². The molecule has 9 heteroatoms. The fourth-order valence-electron chi connectivity index (χ4n) is 3.23. The van der Waals surface area contributed by atoms with Crippen molar-refractivity contribution in [3.05, 3.63) is 12.4 Å². The second-order valence-electron chi connectivity index (χ2n) is 6.33. The number of carbonyl (C=O) groups is 2. The SMILES string of the molecule is O=C(CSCC(=O)N1CCCC(n2ccnn2)CC1)N1CCOCC1. The molecular formula is C16H25N5O3S. The molecule has 138 valence electrons. The van der Waals surface area contributed by atoms with E-state index in [0.717, 1.165) is 32.4 Å². The van der Waals surface area contributed by atoms with Crippen molar-refractivity contribution in [3.8, 4) is 0 Å². The Kier molecular flexibility index (Phi) is 6.69. The van der Waals surface area contributed by atoms with Gasteiger partial charge in [-0.15, -0.1) is 16.9 Å². The third kappa shape index (κ3) is 5.18. The van der Waals surface area contributed by atoms with Gasteiger partial charge in [-0.2, -0.15) is 0 Å². The quantitative estimate of drug-likeness (QED) is 0.751. The van der Waals surface area contributed by atoms with Gasteiger partial charge < -0.3 is 14.5 Å². The maximum atomic E-state index is 12.4. The number of thioether (sulfide) groups is 1. The Hall–Kier alpha value is -1.61. The molecule has 0 aliphatic carbocycles. The summed E-state index contributed by atoms with van der Waals surface area (Å²) < 4.78 is 7.14. The summed E-state index contributed by atoms with van der Waals surface area (Å²) in [6, 6.07) is 0.316. The summed E-state index contributed by atoms with van der Waals surface area (Å²) in [4.78, 5) is 28.3. The van der Waals surface area contributed by atoms with Crippen molar-refractivity contribution in [2.24, 2.45) is 0 Å². The predicted octanol–water partition coefficient (Wildman–Crippen LogP) is 0.424. The van der Waals surface area contributed by atoms with Crippen LogP contribution >= 0.6 is 11.8 Å². The van der Waals surface area contributed by atoms with Gasteiger partial charge >= 0.3 is 0 Å². The molecule has 0 N–H and O–H groups in total. The summed E-state index contributed by atoms with van der Waals surface area (Å²) >= 11 is 1.41. The number of aromatic nitrogens is 3. The normalized spacial score (nSPS) is 21.8. The first-order valence-corrected chi connectivity index (χ1v) is 9.96. The van der Waals surface area contributed by atoms with Crippen LogP contribution in [-0.2, 0) is 14.3 Å². The number of carbonyl (C=O) groups excluding carboxylic acids is 2. The molecule has 2 saturated heterocycles. The van der Waals surface area contributed by atoms with E-state index >= 15 is 0 Å². The Labute approximate surface area is 151 Å². The van der Waals surface area contributed by atoms with Crippen molar-refractivity contribution in [2.45, 2.75) is 25.3 Å². The zero-order chi connectivity index (χ0) is 17.5. The molecule has 3 heterocycles. The fraction of sp³-hybridized carbons (Fsp3) is 0.750. The molecule has 25 heavy (non-hydrogen) atoms. The zero-order valence-electron chi connectivity index (χ0n) is 14.4. The molecule has 0 aromatic carbocycles. The summed E-state index contributed by atoms with van der Waals surface area (Å²) in [7, 11) is 0. The molecule has 3 rings (SSSR count). The molecular weight excluding hydrogens is 342 g/mol. The molecule has 0 saturated carbocycles. The third-order valence-corrected chi connectivity index (χ3v) is 5.58. The van der Waals surface area contributed by atoms with Gasteiger partial charge in [-0.1, -0.05) is 5.21 Å². The second-order valence-corrected chi connectivity index (χ2v) is 7.32. The third-order valence-electron chi connectivity index (χ3n) is 4.68. The van der Waals surface area contributed by atoms with Crippen LogP contribution in [0.3, 0.4) is 0 Å². The second kappa shape index (κ2) is 9.19. The fourth-order valence-corrected chi connectivity index (χ4v) is 4.04. The average molecular weight is 367 g/mol. The number of hydrogen-bond acceptors (Lipinski definition) is 6. The first kappa shape index (κ1) is 18.2. The molecule has 0 bridgehead atoms. The number of amides is 2. The Bertz CT molecular complexity index is 562. The molecule has 2 aliphatic rings. The van der Waals surface area contributed by atoms with Gasteiger partial charge in [0.15, 0.2) is 0 Å². The van der Waals surface area contributed by atoms with Crippen molar-refractivity contribution < 1.29 is 14.3 Å². The lowest BCUT2D eigenvalue weighted by molar-refractivity contribution is -0.132. The Morgan fingerprint density at radius 1 is 1.04 bits per heavy atom. The Morgan fingerprint density at radius 3 is 2.44 bits per heavy atom. The minimum absolute atomic E-state index is 0.100. The van der Waals surface area contributed by atoms with Crippen LogP contribution in [0.15, 0.2) is 12.4 Å². The molecule has 8 nitrogen and oxygen atoms in total. The topological polar surface area (TPSA) is 80.6 Å². The van der Waals surface area contributed by atoms with E-state index in [1.54, 1.807) is 6.20 Å². The lowest BCUT2D eigenvalue weighted by Crippen LogP contribution is -2.41. The predicted molar refractivity (Wildman–Crippen MR) is 94.2 cm³/mol. The van der Waals surface area contributed by atoms with E-state index in [9.17, 15) is 9.59 Å². The number of hydrogen-bond donors (Lipinski definition) is 0. The first-order chi connectivity index (χ1) is 12.2. The first-order valence-electron chi connectivity index (χ1n) is 8.81. The molecule has 2 aliphatic heterocycles. The van der Waals surface area contributed by atoms with Crippen molar-refractivity contribution >= 4 is 23.6 Å². The average Bonchev–Trinajstić information content (AvgIpc) is 3.06. The van der Waals surface area contributed by atoms with Crippen molar-refractivity contribution in [1.82, 2.24) is 24.8 Å². The Balaban J connectivity index is 1.38. The monoisotopic (exact) mass is 367 g/mol. The standard InChI is InChI=1S/C16H25N5O3S/c22-15(12-25-13-16(23)20-8-10-24-11-9-20)19-5-1-2-14(3-6-19)21-7-4-17-18-21/h4,7,14H,1-3,5-6,8-13H2. The highest BCUT2D eigenvalue weighted by molar-refractivity contribution is 8.00. The number of morpholine rings is 1. The van der Waals surface area contributed by atoms with Gasteiger partial charge in [0.25, 0.3) is 0 Å². The Morgan fingerprint density at radius 2 is 1.76 bits per heavy atom. The summed E-state index contributed by atoms with van der Waals surface area (Å²) in [5.41, 5.74) is 0. The van der Waals surface area contributed by atoms with Gasteiger partial charge in [0.2, 0.25) is 11.8 Å². The molecule has 2 amide bonds. The smallest absolute Gasteiger partial charge is 0.232 e. The minimum atomic E-state index is 0.100. The maximum absolute atomic E-state index is 12.4. The van der Waals surface area contributed by atoms with E-state index in [-0.39, 0.29) is 11.8 Å². The van der Waals surface area contributed by atoms with Crippen molar-refractivity contribution in [1.29, 1.82) is 0 Å². The van der Waals surface area contributed by atoms with Gasteiger partial charge in [0.05, 0.1) is 37.0 Å². The number of nitrogens with zero attached hydrogens (tertiary/aromatic N) is 5. The highest BCUT2D eigenvalue weighted by Gasteiger charge is 2.22. The van der Waals surface area contributed by atoms with Crippen LogP contribution in [0.25, 0.3) is 0 Å². The van der Waals surface area contributed by atoms with E-state index in [0.29, 0.717) is 43.9 Å². The van der Waals surface area contributed by atoms with Gasteiger partial charge in [0.1, 0.15) is 0 Å². The van der Waals surface area contributed by atoms with Crippen LogP contribution in [0.5, 0.6) is 0 Å². The van der Waals surface area contributed by atoms with Crippen LogP contribution in [0.1, 0.15) is 25.3 Å². The van der Waals surface area contributed by atoms with Crippen molar-refractivity contribution in [3.63, 3.8) is 0 Å². The van der Waals surface area contributed by atoms with Gasteiger partial charge in [-0.25, -0.2) is 4.68 Å². The highest BCUT2D eigenvalue weighted by Crippen LogP contribution is 2.22. The highest BCUT2D eigenvalue weighted by atomic mass is 32.2. The lowest BCUT2D eigenvalue weighted by atomic mass is 10.1. The van der Waals surface area contributed by atoms with Gasteiger partial charge in [-0.3, -0.25) is 9.59 Å². The molecule has 1 atom stereocenters. The van der Waals surface area contributed by atoms with Crippen LogP contribution in [-0.4, -0.2) is 87.5 Å². The van der Waals surface area contributed by atoms with Crippen LogP contribution in [0.4, 0.5) is 0 Å². The lowest BCUT2D eigenvalue weighted by Gasteiger charge is -2.26. The summed E-state index contributed by atoms with van der Waals surface area (Å²) in [6.45, 7) is 4.04. The van der Waals surface area contributed by atoms with E-state index in [2.05, 4.69) is 10.3 Å². The number of rotatable bonds is 5. The summed E-state index contributed by atoms with van der Waals surface area (Å²) in [5.74, 6) is 0.952. The summed E-state index contributed by atoms with van der Waals surface area (Å²) in [5, 5.41) is 7.94. The molecule has 2 fully saturated rings. The number of likely N-dealkylation sites (tertiary alicyclic amines) is 1. The van der Waals surface area contributed by atoms with E-state index in [4.69, 9.17) is 4.74 Å². The van der Waals surface area contributed by atoms with Gasteiger partial charge in [0, 0.05) is 32.4 Å². The van der Waals surface area contributed by atoms with Gasteiger partial charge in [-0.05, 0) is 19.3 Å². The van der Waals surface area contributed by atoms with Crippen LogP contribution < -0.4 is 0 Å². The molecule has 1 aromatic rings. The molecule has 1 aromatic heterocycles. The zero-order valence-corrected chi connectivity index (χ0v) is 15.2. The summed E-state index contributed by atoms with van der Waals surface area (Å²) in [6.07, 6.45) is 6.45. The molecule has 1 unspecified atom stereocenters. The van der Waals surface area contributed by atoms with E-state index in [1.807, 2.05) is 20.7 Å². The number of ether oxygens (including phenoxy) is 1. The largest absolute Gasteiger partial charge is 0.378 e.